The molecule has 2 fully saturated rings. The molecule has 0 radical (unpaired) electrons. The van der Waals surface area contributed by atoms with Crippen LogP contribution in [0.3, 0.4) is 0 Å². The molecule has 2 aliphatic heterocycles. The Morgan fingerprint density at radius 1 is 1.19 bits per heavy atom. The molecule has 32 heavy (non-hydrogen) atoms. The zero-order valence-electron chi connectivity index (χ0n) is 20.2. The van der Waals surface area contributed by atoms with E-state index in [0.717, 1.165) is 37.4 Å². The van der Waals surface area contributed by atoms with Crippen molar-refractivity contribution in [2.75, 3.05) is 27.3 Å². The highest BCUT2D eigenvalue weighted by molar-refractivity contribution is 5.76. The molecule has 1 unspecified atom stereocenters. The molecule has 1 N–H and O–H groups in total. The third kappa shape index (κ3) is 3.44. The van der Waals surface area contributed by atoms with Crippen LogP contribution >= 0.6 is 0 Å². The van der Waals surface area contributed by atoms with Gasteiger partial charge in [-0.3, -0.25) is 4.79 Å². The van der Waals surface area contributed by atoms with Gasteiger partial charge in [0.25, 0.3) is 0 Å². The van der Waals surface area contributed by atoms with Crippen LogP contribution in [0.25, 0.3) is 0 Å². The minimum atomic E-state index is -0.0367. The molecule has 2 heterocycles. The average Bonchev–Trinajstić information content (AvgIpc) is 3.06. The largest absolute Gasteiger partial charge is 0.493 e. The predicted molar refractivity (Wildman–Crippen MR) is 123 cm³/mol. The Balaban J connectivity index is 1.39. The number of carbonyl (C=O) groups is 1. The Labute approximate surface area is 192 Å². The average molecular weight is 441 g/mol. The summed E-state index contributed by atoms with van der Waals surface area (Å²) in [5.74, 6) is 2.42. The van der Waals surface area contributed by atoms with E-state index in [2.05, 4.69) is 39.0 Å². The number of hydrogen-bond acceptors (Lipinski definition) is 4. The van der Waals surface area contributed by atoms with Crippen molar-refractivity contribution in [2.24, 2.45) is 23.2 Å². The summed E-state index contributed by atoms with van der Waals surface area (Å²) in [6, 6.07) is 4.56. The fraction of sp³-hybridized carbons (Fsp3) is 0.667. The number of quaternary nitrogens is 1. The summed E-state index contributed by atoms with van der Waals surface area (Å²) >= 11 is 0. The SMILES string of the molecule is COc1cc2c(cc1OC)[C@H](C)[NH+](C[C@H]1C(=O)O[C@@H]3C[C@@]4(C)CCC[C@H](C)C4=C[C@@H]31)CC2. The highest BCUT2D eigenvalue weighted by atomic mass is 16.6. The Morgan fingerprint density at radius 3 is 2.69 bits per heavy atom. The second kappa shape index (κ2) is 8.09. The van der Waals surface area contributed by atoms with Crippen LogP contribution in [0.4, 0.5) is 0 Å². The van der Waals surface area contributed by atoms with Gasteiger partial charge in [0.2, 0.25) is 0 Å². The van der Waals surface area contributed by atoms with Gasteiger partial charge < -0.3 is 19.1 Å². The normalized spacial score (nSPS) is 38.2. The maximum Gasteiger partial charge on any atom is 0.315 e. The molecule has 0 amide bonds. The number of hydrogen-bond donors (Lipinski definition) is 1. The summed E-state index contributed by atoms with van der Waals surface area (Å²) < 4.78 is 17.1. The molecule has 5 rings (SSSR count). The van der Waals surface area contributed by atoms with Crippen LogP contribution in [0.15, 0.2) is 23.8 Å². The van der Waals surface area contributed by atoms with Crippen LogP contribution in [0.5, 0.6) is 11.5 Å². The van der Waals surface area contributed by atoms with E-state index in [-0.39, 0.29) is 29.3 Å². The number of rotatable bonds is 4. The van der Waals surface area contributed by atoms with Crippen molar-refractivity contribution in [2.45, 2.75) is 65.0 Å². The molecule has 1 aromatic carbocycles. The lowest BCUT2D eigenvalue weighted by molar-refractivity contribution is -0.934. The Hall–Kier alpha value is -2.01. The molecule has 4 aliphatic rings. The fourth-order valence-electron chi connectivity index (χ4n) is 7.13. The summed E-state index contributed by atoms with van der Waals surface area (Å²) in [5.41, 5.74) is 4.45. The first kappa shape index (κ1) is 21.8. The molecule has 0 bridgehead atoms. The summed E-state index contributed by atoms with van der Waals surface area (Å²) in [6.07, 6.45) is 8.31. The van der Waals surface area contributed by atoms with Crippen LogP contribution < -0.4 is 14.4 Å². The van der Waals surface area contributed by atoms with Gasteiger partial charge in [-0.25, -0.2) is 0 Å². The molecule has 1 saturated carbocycles. The number of ether oxygens (including phenoxy) is 3. The van der Waals surface area contributed by atoms with Crippen LogP contribution in [-0.2, 0) is 16.0 Å². The highest BCUT2D eigenvalue weighted by Crippen LogP contribution is 2.53. The topological polar surface area (TPSA) is 49.2 Å². The van der Waals surface area contributed by atoms with Gasteiger partial charge in [0.15, 0.2) is 11.5 Å². The van der Waals surface area contributed by atoms with Crippen molar-refractivity contribution >= 4 is 5.97 Å². The van der Waals surface area contributed by atoms with Gasteiger partial charge in [-0.1, -0.05) is 31.9 Å². The Bertz CT molecular complexity index is 940. The van der Waals surface area contributed by atoms with E-state index in [1.807, 2.05) is 0 Å². The first-order valence-electron chi connectivity index (χ1n) is 12.4. The van der Waals surface area contributed by atoms with Gasteiger partial charge >= 0.3 is 5.97 Å². The maximum atomic E-state index is 13.0. The Morgan fingerprint density at radius 2 is 1.94 bits per heavy atom. The lowest BCUT2D eigenvalue weighted by atomic mass is 9.59. The number of methoxy groups -OCH3 is 2. The monoisotopic (exact) mass is 440 g/mol. The number of fused-ring (bicyclic) bond motifs is 3. The smallest absolute Gasteiger partial charge is 0.315 e. The van der Waals surface area contributed by atoms with Crippen molar-refractivity contribution in [1.82, 2.24) is 0 Å². The van der Waals surface area contributed by atoms with Crippen molar-refractivity contribution in [3.8, 4) is 11.5 Å². The first-order valence-corrected chi connectivity index (χ1v) is 12.4. The lowest BCUT2D eigenvalue weighted by Gasteiger charge is -2.46. The van der Waals surface area contributed by atoms with E-state index in [4.69, 9.17) is 14.2 Å². The van der Waals surface area contributed by atoms with Gasteiger partial charge in [-0.15, -0.1) is 0 Å². The van der Waals surface area contributed by atoms with E-state index in [1.165, 1.54) is 35.3 Å². The molecule has 174 valence electrons. The van der Waals surface area contributed by atoms with Crippen LogP contribution in [0.1, 0.15) is 63.6 Å². The molecule has 5 nitrogen and oxygen atoms in total. The minimum Gasteiger partial charge on any atom is -0.493 e. The molecular weight excluding hydrogens is 402 g/mol. The van der Waals surface area contributed by atoms with Crippen molar-refractivity contribution in [3.05, 3.63) is 34.9 Å². The van der Waals surface area contributed by atoms with E-state index in [0.29, 0.717) is 12.0 Å². The predicted octanol–water partition coefficient (Wildman–Crippen LogP) is 3.52. The molecular formula is C27H38NO4+. The third-order valence-electron chi connectivity index (χ3n) is 9.00. The van der Waals surface area contributed by atoms with E-state index in [9.17, 15) is 4.79 Å². The molecule has 1 aromatic rings. The zero-order valence-corrected chi connectivity index (χ0v) is 20.2. The summed E-state index contributed by atoms with van der Waals surface area (Å²) in [4.78, 5) is 14.5. The van der Waals surface area contributed by atoms with Gasteiger partial charge in [0, 0.05) is 17.9 Å². The third-order valence-corrected chi connectivity index (χ3v) is 9.00. The van der Waals surface area contributed by atoms with Crippen molar-refractivity contribution in [1.29, 1.82) is 0 Å². The number of carbonyl (C=O) groups excluding carboxylic acids is 1. The van der Waals surface area contributed by atoms with E-state index >= 15 is 0 Å². The van der Waals surface area contributed by atoms with Gasteiger partial charge in [-0.2, -0.15) is 0 Å². The number of benzene rings is 1. The summed E-state index contributed by atoms with van der Waals surface area (Å²) in [6.45, 7) is 8.89. The fourth-order valence-corrected chi connectivity index (χ4v) is 7.13. The van der Waals surface area contributed by atoms with E-state index < -0.39 is 0 Å². The molecule has 1 saturated heterocycles. The van der Waals surface area contributed by atoms with Crippen molar-refractivity contribution < 1.29 is 23.9 Å². The van der Waals surface area contributed by atoms with Gasteiger partial charge in [-0.05, 0) is 55.2 Å². The lowest BCUT2D eigenvalue weighted by Crippen LogP contribution is -3.13. The van der Waals surface area contributed by atoms with Crippen molar-refractivity contribution in [3.63, 3.8) is 0 Å². The van der Waals surface area contributed by atoms with Crippen LogP contribution in [0.2, 0.25) is 0 Å². The van der Waals surface area contributed by atoms with Gasteiger partial charge in [0.1, 0.15) is 18.1 Å². The molecule has 0 spiro atoms. The minimum absolute atomic E-state index is 0.0181. The quantitative estimate of drug-likeness (QED) is 0.575. The summed E-state index contributed by atoms with van der Waals surface area (Å²) in [7, 11) is 3.38. The van der Waals surface area contributed by atoms with Gasteiger partial charge in [0.05, 0.1) is 27.3 Å². The van der Waals surface area contributed by atoms with E-state index in [1.54, 1.807) is 19.8 Å². The molecule has 7 atom stereocenters. The first-order chi connectivity index (χ1) is 15.3. The summed E-state index contributed by atoms with van der Waals surface area (Å²) in [5, 5.41) is 0. The second-order valence-electron chi connectivity index (χ2n) is 10.8. The molecule has 0 aromatic heterocycles. The molecule has 5 heteroatoms. The molecule has 2 aliphatic carbocycles. The second-order valence-corrected chi connectivity index (χ2v) is 10.8. The maximum absolute atomic E-state index is 13.0. The Kier molecular flexibility index (Phi) is 5.51. The van der Waals surface area contributed by atoms with Crippen LogP contribution in [-0.4, -0.2) is 39.4 Å². The zero-order chi connectivity index (χ0) is 22.6. The van der Waals surface area contributed by atoms with Crippen LogP contribution in [0, 0.1) is 23.2 Å². The number of nitrogens with one attached hydrogen (secondary N) is 1. The standard InChI is InChI=1S/C27H37NO4/c1-16-7-6-9-27(3)14-25-20(12-22(16)27)21(26(29)32-25)15-28-10-8-18-11-23(30-4)24(31-5)13-19(18)17(28)2/h11-13,16-17,20-21,25H,6-10,14-15H2,1-5H3/p+1/t16-,17-,20+,21+,25+,27+/m0/s1. The number of esters is 1. The number of allylic oxidation sites excluding steroid dienone is 1. The highest BCUT2D eigenvalue weighted by Gasteiger charge is 2.53.